The maximum absolute atomic E-state index is 6.33. The third-order valence-electron chi connectivity index (χ3n) is 10.5. The van der Waals surface area contributed by atoms with Crippen molar-refractivity contribution >= 4 is 71.6 Å². The molecule has 0 saturated heterocycles. The Labute approximate surface area is 306 Å². The van der Waals surface area contributed by atoms with Crippen molar-refractivity contribution in [3.63, 3.8) is 0 Å². The summed E-state index contributed by atoms with van der Waals surface area (Å²) in [6, 6.07) is 56.1. The van der Waals surface area contributed by atoms with Gasteiger partial charge in [-0.15, -0.1) is 0 Å². The van der Waals surface area contributed by atoms with E-state index in [-0.39, 0.29) is 0 Å². The maximum Gasteiger partial charge on any atom is 0.242 e. The Balaban J connectivity index is 1.19. The van der Waals surface area contributed by atoms with E-state index in [9.17, 15) is 0 Å². The van der Waals surface area contributed by atoms with E-state index in [1.54, 1.807) is 0 Å². The second-order valence-electron chi connectivity index (χ2n) is 13.5. The van der Waals surface area contributed by atoms with Crippen LogP contribution in [0.1, 0.15) is 0 Å². The minimum atomic E-state index is 0.483. The van der Waals surface area contributed by atoms with Gasteiger partial charge in [-0.3, -0.25) is 8.97 Å². The molecule has 0 radical (unpaired) electrons. The molecule has 0 unspecified atom stereocenters. The number of benzene rings is 7. The van der Waals surface area contributed by atoms with Crippen molar-refractivity contribution in [1.82, 2.24) is 33.5 Å². The zero-order valence-corrected chi connectivity index (χ0v) is 28.6. The minimum absolute atomic E-state index is 0.483. The molecule has 5 aromatic heterocycles. The fourth-order valence-electron chi connectivity index (χ4n) is 8.28. The van der Waals surface area contributed by atoms with Gasteiger partial charge < -0.3 is 4.42 Å². The Morgan fingerprint density at radius 3 is 1.85 bits per heavy atom. The molecule has 0 bridgehead atoms. The topological polar surface area (TPSA) is 79.0 Å². The molecule has 0 fully saturated rings. The highest BCUT2D eigenvalue weighted by molar-refractivity contribution is 6.20. The quantitative estimate of drug-likeness (QED) is 0.183. The fraction of sp³-hybridized carbons (Fsp3) is 0. The third-order valence-corrected chi connectivity index (χ3v) is 10.5. The van der Waals surface area contributed by atoms with Crippen LogP contribution in [0, 0.1) is 0 Å². The van der Waals surface area contributed by atoms with Gasteiger partial charge in [0.1, 0.15) is 11.2 Å². The Morgan fingerprint density at radius 2 is 1.00 bits per heavy atom. The van der Waals surface area contributed by atoms with Crippen LogP contribution in [0.15, 0.2) is 168 Å². The van der Waals surface area contributed by atoms with Crippen LogP contribution in [0.3, 0.4) is 0 Å². The average molecular weight is 694 g/mol. The van der Waals surface area contributed by atoms with Gasteiger partial charge in [0.25, 0.3) is 0 Å². The molecular formula is C46H27N7O. The Morgan fingerprint density at radius 1 is 0.389 bits per heavy atom. The number of para-hydroxylation sites is 6. The van der Waals surface area contributed by atoms with E-state index in [4.69, 9.17) is 24.4 Å². The molecule has 5 heterocycles. The van der Waals surface area contributed by atoms with Crippen molar-refractivity contribution in [2.75, 3.05) is 0 Å². The van der Waals surface area contributed by atoms with Crippen LogP contribution < -0.4 is 0 Å². The molecule has 0 aliphatic rings. The van der Waals surface area contributed by atoms with E-state index < -0.39 is 0 Å². The molecule has 252 valence electrons. The van der Waals surface area contributed by atoms with Crippen molar-refractivity contribution in [1.29, 1.82) is 0 Å². The summed E-state index contributed by atoms with van der Waals surface area (Å²) in [7, 11) is 0. The summed E-state index contributed by atoms with van der Waals surface area (Å²) in [6.45, 7) is 0. The summed E-state index contributed by atoms with van der Waals surface area (Å²) < 4.78 is 12.7. The smallest absolute Gasteiger partial charge is 0.242 e. The van der Waals surface area contributed by atoms with Gasteiger partial charge in [0.2, 0.25) is 17.7 Å². The van der Waals surface area contributed by atoms with Gasteiger partial charge in [-0.2, -0.15) is 15.0 Å². The number of nitrogens with zero attached hydrogens (tertiary/aromatic N) is 7. The number of aromatic nitrogens is 7. The number of rotatable bonds is 4. The minimum Gasteiger partial charge on any atom is -0.456 e. The lowest BCUT2D eigenvalue weighted by molar-refractivity contribution is 0.669. The van der Waals surface area contributed by atoms with E-state index in [1.807, 2.05) is 72.8 Å². The second kappa shape index (κ2) is 11.0. The number of fused-ring (bicyclic) bond motifs is 11. The first kappa shape index (κ1) is 29.0. The summed E-state index contributed by atoms with van der Waals surface area (Å²) in [4.78, 5) is 20.9. The molecule has 7 aromatic carbocycles. The van der Waals surface area contributed by atoms with Crippen LogP contribution in [0.5, 0.6) is 0 Å². The first-order valence-corrected chi connectivity index (χ1v) is 17.9. The monoisotopic (exact) mass is 693 g/mol. The zero-order chi connectivity index (χ0) is 35.3. The Hall–Kier alpha value is -7.58. The molecule has 0 N–H and O–H groups in total. The van der Waals surface area contributed by atoms with E-state index in [1.165, 1.54) is 0 Å². The Kier molecular flexibility index (Phi) is 5.90. The molecule has 54 heavy (non-hydrogen) atoms. The predicted octanol–water partition coefficient (Wildman–Crippen LogP) is 10.9. The molecular weight excluding hydrogens is 667 g/mol. The van der Waals surface area contributed by atoms with Crippen molar-refractivity contribution in [3.8, 4) is 34.4 Å². The summed E-state index contributed by atoms with van der Waals surface area (Å²) >= 11 is 0. The molecule has 0 aliphatic heterocycles. The summed E-state index contributed by atoms with van der Waals surface area (Å²) in [5, 5.41) is 4.41. The SMILES string of the molecule is c1ccc(-c2nc(-n3c4ccccc4c4c(-c5cccc6oc7ccccc7c56)cccc43)nc(-n3c4ccccc4n4c5ccccc5nc34)n2)cc1. The molecule has 0 spiro atoms. The van der Waals surface area contributed by atoms with Gasteiger partial charge in [0, 0.05) is 27.1 Å². The molecule has 0 amide bonds. The van der Waals surface area contributed by atoms with Crippen LogP contribution in [-0.2, 0) is 0 Å². The van der Waals surface area contributed by atoms with Gasteiger partial charge >= 0.3 is 0 Å². The number of imidazole rings is 2. The van der Waals surface area contributed by atoms with Crippen molar-refractivity contribution in [3.05, 3.63) is 164 Å². The van der Waals surface area contributed by atoms with Gasteiger partial charge in [-0.25, -0.2) is 9.55 Å². The van der Waals surface area contributed by atoms with E-state index in [2.05, 4.69) is 105 Å². The lowest BCUT2D eigenvalue weighted by Gasteiger charge is -2.12. The van der Waals surface area contributed by atoms with Gasteiger partial charge in [-0.1, -0.05) is 115 Å². The summed E-state index contributed by atoms with van der Waals surface area (Å²) in [5.74, 6) is 2.30. The standard InChI is InChI=1S/C46H27N7O/c1-2-14-28(15-3-1)43-48-44(50-45(49-43)53-37-24-10-9-23-36(37)52-35-22-8-6-20-33(35)47-46(52)53)51-34-21-7-4-16-31(34)41-29(18-12-25-38(41)51)30-19-13-27-40-42(30)32-17-5-11-26-39(32)54-40/h1-27H. The molecule has 8 heteroatoms. The maximum atomic E-state index is 6.33. The highest BCUT2D eigenvalue weighted by Gasteiger charge is 2.24. The van der Waals surface area contributed by atoms with Crippen molar-refractivity contribution in [2.45, 2.75) is 0 Å². The molecule has 12 aromatic rings. The highest BCUT2D eigenvalue weighted by atomic mass is 16.3. The molecule has 0 aliphatic carbocycles. The molecule has 12 rings (SSSR count). The van der Waals surface area contributed by atoms with Gasteiger partial charge in [0.15, 0.2) is 5.82 Å². The van der Waals surface area contributed by atoms with Crippen LogP contribution >= 0.6 is 0 Å². The van der Waals surface area contributed by atoms with Crippen molar-refractivity contribution < 1.29 is 4.42 Å². The number of hydrogen-bond donors (Lipinski definition) is 0. The van der Waals surface area contributed by atoms with Gasteiger partial charge in [0.05, 0.1) is 33.1 Å². The second-order valence-corrected chi connectivity index (χ2v) is 13.5. The molecule has 8 nitrogen and oxygen atoms in total. The summed E-state index contributed by atoms with van der Waals surface area (Å²) in [5.41, 5.74) is 10.7. The zero-order valence-electron chi connectivity index (χ0n) is 28.6. The molecule has 0 atom stereocenters. The lowest BCUT2D eigenvalue weighted by Crippen LogP contribution is -2.10. The van der Waals surface area contributed by atoms with Crippen LogP contribution in [0.2, 0.25) is 0 Å². The van der Waals surface area contributed by atoms with Crippen molar-refractivity contribution in [2.24, 2.45) is 0 Å². The third kappa shape index (κ3) is 4.02. The van der Waals surface area contributed by atoms with Crippen LogP contribution in [0.4, 0.5) is 0 Å². The number of hydrogen-bond acceptors (Lipinski definition) is 5. The van der Waals surface area contributed by atoms with E-state index >= 15 is 0 Å². The predicted molar refractivity (Wildman–Crippen MR) is 215 cm³/mol. The van der Waals surface area contributed by atoms with Crippen LogP contribution in [0.25, 0.3) is 106 Å². The summed E-state index contributed by atoms with van der Waals surface area (Å²) in [6.07, 6.45) is 0. The highest BCUT2D eigenvalue weighted by Crippen LogP contribution is 2.43. The van der Waals surface area contributed by atoms with Gasteiger partial charge in [-0.05, 0) is 59.7 Å². The molecule has 0 saturated carbocycles. The van der Waals surface area contributed by atoms with Crippen LogP contribution in [-0.4, -0.2) is 33.5 Å². The fourth-order valence-corrected chi connectivity index (χ4v) is 8.28. The Bertz CT molecular complexity index is 3460. The van der Waals surface area contributed by atoms with E-state index in [0.717, 1.165) is 88.3 Å². The average Bonchev–Trinajstić information content (AvgIpc) is 3.98. The largest absolute Gasteiger partial charge is 0.456 e. The first-order chi connectivity index (χ1) is 26.8. The lowest BCUT2D eigenvalue weighted by atomic mass is 9.95. The first-order valence-electron chi connectivity index (χ1n) is 17.9. The normalized spacial score (nSPS) is 12.1. The van der Waals surface area contributed by atoms with E-state index in [0.29, 0.717) is 17.7 Å². The number of furan rings is 1.